The first-order valence-corrected chi connectivity index (χ1v) is 8.41. The van der Waals surface area contributed by atoms with E-state index in [4.69, 9.17) is 16.0 Å². The van der Waals surface area contributed by atoms with Crippen molar-refractivity contribution < 1.29 is 9.34 Å². The lowest BCUT2D eigenvalue weighted by Gasteiger charge is -2.18. The molecule has 0 radical (unpaired) electrons. The highest BCUT2D eigenvalue weighted by Crippen LogP contribution is 2.25. The summed E-state index contributed by atoms with van der Waals surface area (Å²) in [6.07, 6.45) is 0. The van der Waals surface area contributed by atoms with E-state index in [2.05, 4.69) is 15.5 Å². The van der Waals surface area contributed by atoms with Gasteiger partial charge in [-0.15, -0.1) is 10.2 Å². The third-order valence-electron chi connectivity index (χ3n) is 3.98. The monoisotopic (exact) mass is 372 g/mol. The molecule has 2 atom stereocenters. The van der Waals surface area contributed by atoms with E-state index in [9.17, 15) is 10.1 Å². The molecule has 0 saturated carbocycles. The second-order valence-corrected chi connectivity index (χ2v) is 6.35. The lowest BCUT2D eigenvalue weighted by Crippen LogP contribution is -2.22. The van der Waals surface area contributed by atoms with Gasteiger partial charge in [0.05, 0.1) is 11.0 Å². The Morgan fingerprint density at radius 1 is 1.12 bits per heavy atom. The standard InChI is InChI=1S/C18H17ClN4O3/c1-11(14-4-3-5-15(19)10-14)20-12(2)17-21-22-18(26-17)13-6-8-16(9-7-13)23(24)25/h3-12,20H,1-2H3/t11-,12-/m1/s1. The topological polar surface area (TPSA) is 94.1 Å². The fourth-order valence-electron chi connectivity index (χ4n) is 2.57. The van der Waals surface area contributed by atoms with E-state index >= 15 is 0 Å². The number of nitrogens with one attached hydrogen (secondary N) is 1. The maximum Gasteiger partial charge on any atom is 0.269 e. The third kappa shape index (κ3) is 4.07. The van der Waals surface area contributed by atoms with Crippen LogP contribution < -0.4 is 5.32 Å². The zero-order valence-corrected chi connectivity index (χ0v) is 15.0. The lowest BCUT2D eigenvalue weighted by molar-refractivity contribution is -0.384. The molecule has 7 nitrogen and oxygen atoms in total. The van der Waals surface area contributed by atoms with Gasteiger partial charge in [0.15, 0.2) is 0 Å². The molecule has 3 rings (SSSR count). The van der Waals surface area contributed by atoms with E-state index in [0.29, 0.717) is 22.4 Å². The first-order valence-electron chi connectivity index (χ1n) is 8.04. The predicted molar refractivity (Wildman–Crippen MR) is 97.8 cm³/mol. The summed E-state index contributed by atoms with van der Waals surface area (Å²) in [4.78, 5) is 10.3. The molecular weight excluding hydrogens is 356 g/mol. The smallest absolute Gasteiger partial charge is 0.269 e. The van der Waals surface area contributed by atoms with E-state index in [1.807, 2.05) is 38.1 Å². The van der Waals surface area contributed by atoms with Gasteiger partial charge in [0.1, 0.15) is 0 Å². The van der Waals surface area contributed by atoms with Gasteiger partial charge in [-0.1, -0.05) is 23.7 Å². The van der Waals surface area contributed by atoms with Crippen LogP contribution in [0.25, 0.3) is 11.5 Å². The average Bonchev–Trinajstić information content (AvgIpc) is 3.12. The van der Waals surface area contributed by atoms with Gasteiger partial charge in [0.25, 0.3) is 5.69 Å². The quantitative estimate of drug-likeness (QED) is 0.497. The normalized spacial score (nSPS) is 13.3. The maximum absolute atomic E-state index is 10.7. The molecule has 0 bridgehead atoms. The number of hydrogen-bond acceptors (Lipinski definition) is 6. The molecule has 26 heavy (non-hydrogen) atoms. The van der Waals surface area contributed by atoms with Crippen LogP contribution in [-0.4, -0.2) is 15.1 Å². The van der Waals surface area contributed by atoms with Crippen molar-refractivity contribution in [3.05, 3.63) is 75.1 Å². The maximum atomic E-state index is 10.7. The average molecular weight is 373 g/mol. The molecule has 3 aromatic rings. The number of non-ortho nitro benzene ring substituents is 1. The molecule has 134 valence electrons. The molecule has 2 aromatic carbocycles. The molecule has 0 spiro atoms. The first kappa shape index (κ1) is 18.0. The molecule has 0 saturated heterocycles. The van der Waals surface area contributed by atoms with Gasteiger partial charge in [-0.2, -0.15) is 0 Å². The third-order valence-corrected chi connectivity index (χ3v) is 4.22. The van der Waals surface area contributed by atoms with Crippen LogP contribution in [0.5, 0.6) is 0 Å². The molecular formula is C18H17ClN4O3. The molecule has 8 heteroatoms. The molecule has 1 N–H and O–H groups in total. The Balaban J connectivity index is 1.71. The molecule has 0 aliphatic carbocycles. The van der Waals surface area contributed by atoms with Gasteiger partial charge >= 0.3 is 0 Å². The molecule has 1 aromatic heterocycles. The minimum Gasteiger partial charge on any atom is -0.419 e. The summed E-state index contributed by atoms with van der Waals surface area (Å²) in [5.74, 6) is 0.756. The number of aromatic nitrogens is 2. The Kier molecular flexibility index (Phi) is 5.29. The Hall–Kier alpha value is -2.77. The van der Waals surface area contributed by atoms with Crippen molar-refractivity contribution in [1.29, 1.82) is 0 Å². The summed E-state index contributed by atoms with van der Waals surface area (Å²) < 4.78 is 5.71. The second-order valence-electron chi connectivity index (χ2n) is 5.91. The fraction of sp³-hybridized carbons (Fsp3) is 0.222. The highest BCUT2D eigenvalue weighted by Gasteiger charge is 2.18. The second kappa shape index (κ2) is 7.63. The van der Waals surface area contributed by atoms with Crippen LogP contribution in [0.4, 0.5) is 5.69 Å². The highest BCUT2D eigenvalue weighted by molar-refractivity contribution is 6.30. The van der Waals surface area contributed by atoms with Crippen LogP contribution in [0.1, 0.15) is 37.4 Å². The zero-order valence-electron chi connectivity index (χ0n) is 14.2. The van der Waals surface area contributed by atoms with Crippen molar-refractivity contribution in [2.75, 3.05) is 0 Å². The Morgan fingerprint density at radius 3 is 2.50 bits per heavy atom. The molecule has 0 unspecified atom stereocenters. The minimum atomic E-state index is -0.452. The lowest BCUT2D eigenvalue weighted by atomic mass is 10.1. The summed E-state index contributed by atoms with van der Waals surface area (Å²) in [5.41, 5.74) is 1.70. The van der Waals surface area contributed by atoms with E-state index < -0.39 is 4.92 Å². The number of nitrogens with zero attached hydrogens (tertiary/aromatic N) is 3. The number of nitro benzene ring substituents is 1. The first-order chi connectivity index (χ1) is 12.4. The van der Waals surface area contributed by atoms with Crippen molar-refractivity contribution in [3.63, 3.8) is 0 Å². The van der Waals surface area contributed by atoms with E-state index in [-0.39, 0.29) is 17.8 Å². The van der Waals surface area contributed by atoms with Crippen LogP contribution in [0.2, 0.25) is 5.02 Å². The molecule has 1 heterocycles. The van der Waals surface area contributed by atoms with Crippen LogP contribution in [0.3, 0.4) is 0 Å². The van der Waals surface area contributed by atoms with Gasteiger partial charge in [-0.25, -0.2) is 0 Å². The van der Waals surface area contributed by atoms with Crippen molar-refractivity contribution in [2.24, 2.45) is 0 Å². The van der Waals surface area contributed by atoms with Crippen LogP contribution in [-0.2, 0) is 0 Å². The van der Waals surface area contributed by atoms with Crippen molar-refractivity contribution in [2.45, 2.75) is 25.9 Å². The predicted octanol–water partition coefficient (Wildman–Crippen LogP) is 4.71. The number of halogens is 1. The zero-order chi connectivity index (χ0) is 18.7. The van der Waals surface area contributed by atoms with E-state index in [0.717, 1.165) is 5.56 Å². The van der Waals surface area contributed by atoms with Crippen molar-refractivity contribution in [1.82, 2.24) is 15.5 Å². The van der Waals surface area contributed by atoms with Gasteiger partial charge < -0.3 is 4.42 Å². The van der Waals surface area contributed by atoms with Gasteiger partial charge in [0.2, 0.25) is 11.8 Å². The Labute approximate surface area is 155 Å². The summed E-state index contributed by atoms with van der Waals surface area (Å²) >= 11 is 6.03. The van der Waals surface area contributed by atoms with Crippen LogP contribution >= 0.6 is 11.6 Å². The van der Waals surface area contributed by atoms with Crippen molar-refractivity contribution in [3.8, 4) is 11.5 Å². The fourth-order valence-corrected chi connectivity index (χ4v) is 2.77. The largest absolute Gasteiger partial charge is 0.419 e. The number of hydrogen-bond donors (Lipinski definition) is 1. The minimum absolute atomic E-state index is 0.0128. The molecule has 0 fully saturated rings. The summed E-state index contributed by atoms with van der Waals surface area (Å²) in [6, 6.07) is 13.5. The molecule has 0 amide bonds. The van der Waals surface area contributed by atoms with Gasteiger partial charge in [-0.05, 0) is 43.7 Å². The van der Waals surface area contributed by atoms with Crippen LogP contribution in [0, 0.1) is 10.1 Å². The van der Waals surface area contributed by atoms with Crippen molar-refractivity contribution >= 4 is 17.3 Å². The summed E-state index contributed by atoms with van der Waals surface area (Å²) in [5, 5.41) is 22.9. The van der Waals surface area contributed by atoms with Crippen LogP contribution in [0.15, 0.2) is 52.9 Å². The van der Waals surface area contributed by atoms with E-state index in [1.54, 1.807) is 12.1 Å². The molecule has 0 aliphatic rings. The number of rotatable bonds is 6. The van der Waals surface area contributed by atoms with Gasteiger partial charge in [0, 0.05) is 28.8 Å². The SMILES string of the molecule is C[C@@H](N[C@H](C)c1nnc(-c2ccc([N+](=O)[O-])cc2)o1)c1cccc(Cl)c1. The summed E-state index contributed by atoms with van der Waals surface area (Å²) in [6.45, 7) is 3.95. The number of benzene rings is 2. The van der Waals surface area contributed by atoms with Gasteiger partial charge in [-0.3, -0.25) is 15.4 Å². The number of nitro groups is 1. The molecule has 0 aliphatic heterocycles. The summed E-state index contributed by atoms with van der Waals surface area (Å²) in [7, 11) is 0. The highest BCUT2D eigenvalue weighted by atomic mass is 35.5. The van der Waals surface area contributed by atoms with E-state index in [1.165, 1.54) is 12.1 Å². The Morgan fingerprint density at radius 2 is 1.85 bits per heavy atom. The Bertz CT molecular complexity index is 911.